The predicted octanol–water partition coefficient (Wildman–Crippen LogP) is 5.00. The highest BCUT2D eigenvalue weighted by Gasteiger charge is 2.33. The Morgan fingerprint density at radius 1 is 1.06 bits per heavy atom. The summed E-state index contributed by atoms with van der Waals surface area (Å²) >= 11 is 0. The van der Waals surface area contributed by atoms with Gasteiger partial charge in [0, 0.05) is 32.0 Å². The van der Waals surface area contributed by atoms with Gasteiger partial charge in [-0.3, -0.25) is 4.79 Å². The second kappa shape index (κ2) is 11.7. The van der Waals surface area contributed by atoms with Gasteiger partial charge in [0.25, 0.3) is 5.91 Å². The Morgan fingerprint density at radius 3 is 2.34 bits per heavy atom. The van der Waals surface area contributed by atoms with E-state index < -0.39 is 18.0 Å². The zero-order valence-electron chi connectivity index (χ0n) is 18.3. The van der Waals surface area contributed by atoms with Crippen molar-refractivity contribution >= 4 is 5.91 Å². The van der Waals surface area contributed by atoms with E-state index in [1.807, 2.05) is 4.90 Å². The number of nitrogens with zero attached hydrogens (tertiary/aromatic N) is 1. The molecule has 2 aliphatic heterocycles. The summed E-state index contributed by atoms with van der Waals surface area (Å²) in [5.41, 5.74) is -0.0192. The third-order valence-electron chi connectivity index (χ3n) is 5.93. The maximum atomic E-state index is 13.2. The summed E-state index contributed by atoms with van der Waals surface area (Å²) in [5.74, 6) is -0.274. The SMILES string of the molecule is O=C(C1=C[C@@H](c2ccc(C(F)(F)F)cc2)C[C@@H](OCCCCO)O1)N1CCCCCCC1. The number of benzene rings is 1. The van der Waals surface area contributed by atoms with E-state index in [9.17, 15) is 18.0 Å². The normalized spacial score (nSPS) is 22.5. The Hall–Kier alpha value is -2.06. The molecule has 0 radical (unpaired) electrons. The van der Waals surface area contributed by atoms with Crippen molar-refractivity contribution in [2.24, 2.45) is 0 Å². The highest BCUT2D eigenvalue weighted by molar-refractivity contribution is 5.91. The lowest BCUT2D eigenvalue weighted by Gasteiger charge is -2.32. The molecule has 0 saturated carbocycles. The summed E-state index contributed by atoms with van der Waals surface area (Å²) in [6, 6.07) is 5.04. The van der Waals surface area contributed by atoms with Crippen LogP contribution in [0.2, 0.25) is 0 Å². The van der Waals surface area contributed by atoms with Gasteiger partial charge in [0.15, 0.2) is 5.76 Å². The Labute approximate surface area is 187 Å². The van der Waals surface area contributed by atoms with E-state index in [1.54, 1.807) is 6.08 Å². The smallest absolute Gasteiger partial charge is 0.416 e. The standard InChI is InChI=1S/C24H32F3NO4/c25-24(26,27)20-10-8-18(9-11-20)19-16-21(32-22(17-19)31-15-7-6-14-29)23(30)28-12-4-2-1-3-5-13-28/h8-11,16,19,22,29H,1-7,12-15,17H2/t19-,22+/m1/s1. The summed E-state index contributed by atoms with van der Waals surface area (Å²) in [6.07, 6.45) is 3.58. The average molecular weight is 456 g/mol. The van der Waals surface area contributed by atoms with E-state index in [1.165, 1.54) is 18.6 Å². The molecule has 0 spiro atoms. The van der Waals surface area contributed by atoms with Gasteiger partial charge in [-0.15, -0.1) is 0 Å². The van der Waals surface area contributed by atoms with Crippen LogP contribution in [0.5, 0.6) is 0 Å². The van der Waals surface area contributed by atoms with Crippen LogP contribution in [0.4, 0.5) is 13.2 Å². The topological polar surface area (TPSA) is 59.0 Å². The van der Waals surface area contributed by atoms with Gasteiger partial charge in [-0.05, 0) is 49.5 Å². The maximum Gasteiger partial charge on any atom is 0.416 e. The second-order valence-electron chi connectivity index (χ2n) is 8.40. The number of halogens is 3. The lowest BCUT2D eigenvalue weighted by atomic mass is 9.92. The first kappa shape index (κ1) is 24.6. The van der Waals surface area contributed by atoms with Crippen LogP contribution in [0.15, 0.2) is 36.1 Å². The lowest BCUT2D eigenvalue weighted by molar-refractivity contribution is -0.153. The summed E-state index contributed by atoms with van der Waals surface area (Å²) < 4.78 is 50.5. The fourth-order valence-electron chi connectivity index (χ4n) is 4.10. The molecule has 1 fully saturated rings. The average Bonchev–Trinajstić information content (AvgIpc) is 2.75. The Bertz CT molecular complexity index is 756. The molecule has 0 unspecified atom stereocenters. The van der Waals surface area contributed by atoms with Crippen LogP contribution in [0.25, 0.3) is 0 Å². The summed E-state index contributed by atoms with van der Waals surface area (Å²) in [5, 5.41) is 8.95. The molecule has 1 saturated heterocycles. The van der Waals surface area contributed by atoms with Gasteiger partial charge in [0.05, 0.1) is 12.2 Å². The number of rotatable bonds is 7. The first-order valence-electron chi connectivity index (χ1n) is 11.5. The van der Waals surface area contributed by atoms with Gasteiger partial charge in [-0.25, -0.2) is 0 Å². The predicted molar refractivity (Wildman–Crippen MR) is 114 cm³/mol. The third-order valence-corrected chi connectivity index (χ3v) is 5.93. The van der Waals surface area contributed by atoms with Crippen molar-refractivity contribution in [2.75, 3.05) is 26.3 Å². The minimum absolute atomic E-state index is 0.0711. The molecule has 1 amide bonds. The lowest BCUT2D eigenvalue weighted by Crippen LogP contribution is -2.38. The molecular formula is C24H32F3NO4. The first-order valence-corrected chi connectivity index (χ1v) is 11.5. The van der Waals surface area contributed by atoms with Crippen molar-refractivity contribution in [2.45, 2.75) is 69.8 Å². The number of unbranched alkanes of at least 4 members (excludes halogenated alkanes) is 1. The molecule has 1 aromatic rings. The Morgan fingerprint density at radius 2 is 1.72 bits per heavy atom. The summed E-state index contributed by atoms with van der Waals surface area (Å²) in [7, 11) is 0. The Balaban J connectivity index is 1.77. The van der Waals surface area contributed by atoms with Gasteiger partial charge >= 0.3 is 6.18 Å². The van der Waals surface area contributed by atoms with Crippen molar-refractivity contribution in [1.82, 2.24) is 4.90 Å². The molecule has 1 aromatic carbocycles. The number of carbonyl (C=O) groups is 1. The minimum Gasteiger partial charge on any atom is -0.459 e. The number of alkyl halides is 3. The molecule has 5 nitrogen and oxygen atoms in total. The van der Waals surface area contributed by atoms with Gasteiger partial charge in [-0.1, -0.05) is 31.4 Å². The summed E-state index contributed by atoms with van der Waals surface area (Å²) in [6.45, 7) is 1.79. The van der Waals surface area contributed by atoms with E-state index in [4.69, 9.17) is 14.6 Å². The van der Waals surface area contributed by atoms with E-state index in [2.05, 4.69) is 0 Å². The zero-order valence-corrected chi connectivity index (χ0v) is 18.3. The number of likely N-dealkylation sites (tertiary alicyclic amines) is 1. The van der Waals surface area contributed by atoms with Crippen LogP contribution in [0, 0.1) is 0 Å². The van der Waals surface area contributed by atoms with E-state index in [0.29, 0.717) is 44.5 Å². The van der Waals surface area contributed by atoms with E-state index >= 15 is 0 Å². The maximum absolute atomic E-state index is 13.2. The molecule has 2 atom stereocenters. The minimum atomic E-state index is -4.39. The molecular weight excluding hydrogens is 423 g/mol. The molecule has 0 bridgehead atoms. The zero-order chi connectivity index (χ0) is 23.0. The number of allylic oxidation sites excluding steroid dienone is 1. The third kappa shape index (κ3) is 6.97. The number of ether oxygens (including phenoxy) is 2. The first-order chi connectivity index (χ1) is 15.4. The van der Waals surface area contributed by atoms with Crippen molar-refractivity contribution in [3.8, 4) is 0 Å². The molecule has 2 heterocycles. The Kier molecular flexibility index (Phi) is 8.99. The number of amides is 1. The molecule has 1 N–H and O–H groups in total. The van der Waals surface area contributed by atoms with Crippen molar-refractivity contribution < 1.29 is 32.5 Å². The fraction of sp³-hybridized carbons (Fsp3) is 0.625. The molecule has 2 aliphatic rings. The fourth-order valence-corrected chi connectivity index (χ4v) is 4.10. The molecule has 0 aliphatic carbocycles. The van der Waals surface area contributed by atoms with Gasteiger partial charge in [0.1, 0.15) is 0 Å². The van der Waals surface area contributed by atoms with Crippen LogP contribution in [0.1, 0.15) is 68.4 Å². The molecule has 3 rings (SSSR count). The highest BCUT2D eigenvalue weighted by atomic mass is 19.4. The van der Waals surface area contributed by atoms with Crippen molar-refractivity contribution in [3.63, 3.8) is 0 Å². The van der Waals surface area contributed by atoms with E-state index in [-0.39, 0.29) is 24.2 Å². The molecule has 178 valence electrons. The van der Waals surface area contributed by atoms with Crippen molar-refractivity contribution in [1.29, 1.82) is 0 Å². The molecule has 32 heavy (non-hydrogen) atoms. The van der Waals surface area contributed by atoms with Gasteiger partial charge in [-0.2, -0.15) is 13.2 Å². The van der Waals surface area contributed by atoms with Crippen LogP contribution < -0.4 is 0 Å². The number of carbonyl (C=O) groups excluding carboxylic acids is 1. The highest BCUT2D eigenvalue weighted by Crippen LogP contribution is 2.35. The number of hydrogen-bond acceptors (Lipinski definition) is 4. The quantitative estimate of drug-likeness (QED) is 0.588. The largest absolute Gasteiger partial charge is 0.459 e. The van der Waals surface area contributed by atoms with Crippen LogP contribution in [0.3, 0.4) is 0 Å². The number of hydrogen-bond donors (Lipinski definition) is 1. The number of aliphatic hydroxyl groups is 1. The second-order valence-corrected chi connectivity index (χ2v) is 8.40. The monoisotopic (exact) mass is 455 g/mol. The molecule has 8 heteroatoms. The summed E-state index contributed by atoms with van der Waals surface area (Å²) in [4.78, 5) is 15.0. The molecule has 0 aromatic heterocycles. The van der Waals surface area contributed by atoms with Crippen LogP contribution in [-0.2, 0) is 20.4 Å². The van der Waals surface area contributed by atoms with Crippen LogP contribution >= 0.6 is 0 Å². The van der Waals surface area contributed by atoms with E-state index in [0.717, 1.165) is 37.8 Å². The number of aliphatic hydroxyl groups excluding tert-OH is 1. The van der Waals surface area contributed by atoms with Crippen LogP contribution in [-0.4, -0.2) is 48.5 Å². The van der Waals surface area contributed by atoms with Gasteiger partial charge in [0.2, 0.25) is 6.29 Å². The van der Waals surface area contributed by atoms with Crippen molar-refractivity contribution in [3.05, 3.63) is 47.2 Å². The van der Waals surface area contributed by atoms with Gasteiger partial charge < -0.3 is 19.5 Å².